The van der Waals surface area contributed by atoms with Crippen molar-refractivity contribution >= 4 is 29.7 Å². The Morgan fingerprint density at radius 3 is 2.60 bits per heavy atom. The molecule has 2 aromatic rings. The molecule has 11 nitrogen and oxygen atoms in total. The van der Waals surface area contributed by atoms with Gasteiger partial charge in [-0.15, -0.1) is 0 Å². The van der Waals surface area contributed by atoms with Crippen molar-refractivity contribution in [1.82, 2.24) is 25.4 Å². The minimum absolute atomic E-state index is 0.0966. The summed E-state index contributed by atoms with van der Waals surface area (Å²) in [4.78, 5) is 69.9. The second-order valence-corrected chi connectivity index (χ2v) is 12.8. The van der Waals surface area contributed by atoms with Crippen molar-refractivity contribution in [3.63, 3.8) is 0 Å². The molecule has 5 amide bonds. The van der Waals surface area contributed by atoms with E-state index in [2.05, 4.69) is 27.5 Å². The van der Waals surface area contributed by atoms with E-state index in [1.54, 1.807) is 23.2 Å². The number of nitrogens with one attached hydrogen (secondary N) is 2. The van der Waals surface area contributed by atoms with Crippen molar-refractivity contribution in [3.8, 4) is 11.8 Å². The van der Waals surface area contributed by atoms with E-state index in [1.807, 2.05) is 45.0 Å². The molecule has 3 aliphatic rings. The van der Waals surface area contributed by atoms with Gasteiger partial charge in [-0.05, 0) is 69.9 Å². The zero-order valence-corrected chi connectivity index (χ0v) is 26.0. The van der Waals surface area contributed by atoms with Gasteiger partial charge in [0, 0.05) is 43.1 Å². The maximum atomic E-state index is 13.0. The molecule has 2 saturated heterocycles. The van der Waals surface area contributed by atoms with Gasteiger partial charge in [-0.25, -0.2) is 4.79 Å². The number of fused-ring (bicyclic) bond motifs is 1. The van der Waals surface area contributed by atoms with Gasteiger partial charge in [0.25, 0.3) is 5.91 Å². The molecule has 5 rings (SSSR count). The first-order chi connectivity index (χ1) is 21.5. The van der Waals surface area contributed by atoms with E-state index >= 15 is 0 Å². The van der Waals surface area contributed by atoms with Gasteiger partial charge < -0.3 is 19.9 Å². The number of carbonyl (C=O) groups is 5. The fourth-order valence-corrected chi connectivity index (χ4v) is 5.88. The molecule has 0 bridgehead atoms. The Bertz CT molecular complexity index is 1550. The second-order valence-electron chi connectivity index (χ2n) is 12.8. The van der Waals surface area contributed by atoms with Gasteiger partial charge in [-0.1, -0.05) is 30.4 Å². The summed E-state index contributed by atoms with van der Waals surface area (Å²) < 4.78 is 5.48. The molecule has 1 unspecified atom stereocenters. The third kappa shape index (κ3) is 7.33. The lowest BCUT2D eigenvalue weighted by Gasteiger charge is -2.49. The highest BCUT2D eigenvalue weighted by Gasteiger charge is 2.49. The van der Waals surface area contributed by atoms with Crippen molar-refractivity contribution in [2.75, 3.05) is 13.1 Å². The van der Waals surface area contributed by atoms with Crippen LogP contribution in [-0.4, -0.2) is 69.2 Å². The fourth-order valence-electron chi connectivity index (χ4n) is 5.88. The monoisotopic (exact) mass is 613 g/mol. The van der Waals surface area contributed by atoms with Crippen LogP contribution in [0, 0.1) is 11.8 Å². The molecule has 0 saturated carbocycles. The van der Waals surface area contributed by atoms with Gasteiger partial charge >= 0.3 is 6.09 Å². The number of nitrogens with zero attached hydrogens (tertiary/aromatic N) is 3. The molecule has 45 heavy (non-hydrogen) atoms. The predicted octanol–water partition coefficient (Wildman–Crippen LogP) is 3.41. The Labute approximate surface area is 263 Å². The van der Waals surface area contributed by atoms with Crippen molar-refractivity contribution in [2.24, 2.45) is 0 Å². The maximum Gasteiger partial charge on any atom is 0.410 e. The van der Waals surface area contributed by atoms with Gasteiger partial charge in [0.1, 0.15) is 17.2 Å². The zero-order chi connectivity index (χ0) is 32.2. The molecular weight excluding hydrogens is 574 g/mol. The maximum absolute atomic E-state index is 13.0. The zero-order valence-electron chi connectivity index (χ0n) is 26.0. The lowest BCUT2D eigenvalue weighted by Crippen LogP contribution is -2.69. The number of likely N-dealkylation sites (tertiary alicyclic amines) is 1. The summed E-state index contributed by atoms with van der Waals surface area (Å²) in [5.41, 5.74) is 1.47. The van der Waals surface area contributed by atoms with Gasteiger partial charge in [0.15, 0.2) is 0 Å². The Morgan fingerprint density at radius 2 is 1.89 bits per heavy atom. The molecule has 4 heterocycles. The Balaban J connectivity index is 1.09. The summed E-state index contributed by atoms with van der Waals surface area (Å²) >= 11 is 0. The van der Waals surface area contributed by atoms with Gasteiger partial charge in [0.05, 0.1) is 18.8 Å². The lowest BCUT2D eigenvalue weighted by atomic mass is 9.85. The molecule has 3 aliphatic heterocycles. The van der Waals surface area contributed by atoms with Crippen LogP contribution in [0.2, 0.25) is 0 Å². The number of benzene rings is 1. The third-order valence-corrected chi connectivity index (χ3v) is 8.12. The number of hydrogen-bond donors (Lipinski definition) is 2. The number of hydrogen-bond acceptors (Lipinski definition) is 7. The molecular formula is C34H39N5O6. The second kappa shape index (κ2) is 13.1. The number of piperidine rings is 1. The predicted molar refractivity (Wildman–Crippen MR) is 164 cm³/mol. The molecule has 2 N–H and O–H groups in total. The number of pyridine rings is 1. The van der Waals surface area contributed by atoms with Gasteiger partial charge in [-0.2, -0.15) is 0 Å². The fraction of sp³-hybridized carbons (Fsp3) is 0.471. The number of carbonyl (C=O) groups excluding carboxylic acids is 5. The number of ether oxygens (including phenoxy) is 1. The van der Waals surface area contributed by atoms with Crippen molar-refractivity contribution < 1.29 is 28.7 Å². The van der Waals surface area contributed by atoms with Crippen LogP contribution in [0.4, 0.5) is 4.79 Å². The SMILES string of the molecule is CC(C)(C)OC(=O)N1CC(NC(=O)CCCCCC#Cc2cccc3c2CN(C2CCC(=O)NC2=O)C3=O)(c2ccccn2)C1. The minimum atomic E-state index is -0.744. The van der Waals surface area contributed by atoms with E-state index in [4.69, 9.17) is 4.74 Å². The van der Waals surface area contributed by atoms with Crippen molar-refractivity contribution in [2.45, 2.75) is 89.4 Å². The number of rotatable bonds is 8. The summed E-state index contributed by atoms with van der Waals surface area (Å²) in [6.07, 6.45) is 5.10. The first-order valence-corrected chi connectivity index (χ1v) is 15.4. The molecule has 1 aromatic heterocycles. The summed E-state index contributed by atoms with van der Waals surface area (Å²) in [5, 5.41) is 5.45. The molecule has 1 aromatic carbocycles. The van der Waals surface area contributed by atoms with Crippen LogP contribution in [0.3, 0.4) is 0 Å². The Morgan fingerprint density at radius 1 is 1.09 bits per heavy atom. The van der Waals surface area contributed by atoms with Crippen LogP contribution in [0.25, 0.3) is 0 Å². The van der Waals surface area contributed by atoms with Crippen LogP contribution in [0.1, 0.15) is 92.9 Å². The Kier molecular flexibility index (Phi) is 9.23. The molecule has 2 fully saturated rings. The number of amides is 5. The average Bonchev–Trinajstić information content (AvgIpc) is 3.30. The molecule has 236 valence electrons. The first-order valence-electron chi connectivity index (χ1n) is 15.4. The highest BCUT2D eigenvalue weighted by molar-refractivity contribution is 6.05. The highest BCUT2D eigenvalue weighted by Crippen LogP contribution is 2.33. The van der Waals surface area contributed by atoms with E-state index in [1.165, 1.54) is 4.90 Å². The number of aromatic nitrogens is 1. The molecule has 0 spiro atoms. The van der Waals surface area contributed by atoms with Crippen LogP contribution in [0.5, 0.6) is 0 Å². The van der Waals surface area contributed by atoms with Crippen LogP contribution in [0.15, 0.2) is 42.6 Å². The topological polar surface area (TPSA) is 138 Å². The van der Waals surface area contributed by atoms with Gasteiger partial charge in [0.2, 0.25) is 17.7 Å². The van der Waals surface area contributed by atoms with Crippen LogP contribution < -0.4 is 10.6 Å². The lowest BCUT2D eigenvalue weighted by molar-refractivity contribution is -0.137. The van der Waals surface area contributed by atoms with Crippen molar-refractivity contribution in [3.05, 3.63) is 65.0 Å². The Hall–Kier alpha value is -4.72. The molecule has 1 atom stereocenters. The summed E-state index contributed by atoms with van der Waals surface area (Å²) in [6, 6.07) is 10.3. The first kappa shape index (κ1) is 31.7. The molecule has 0 radical (unpaired) electrons. The quantitative estimate of drug-likeness (QED) is 0.264. The van der Waals surface area contributed by atoms with Crippen LogP contribution >= 0.6 is 0 Å². The smallest absolute Gasteiger partial charge is 0.410 e. The van der Waals surface area contributed by atoms with E-state index < -0.39 is 29.2 Å². The number of unbranched alkanes of at least 4 members (excludes halogenated alkanes) is 3. The normalized spacial score (nSPS) is 18.7. The van der Waals surface area contributed by atoms with Gasteiger partial charge in [-0.3, -0.25) is 29.5 Å². The van der Waals surface area contributed by atoms with E-state index in [9.17, 15) is 24.0 Å². The summed E-state index contributed by atoms with van der Waals surface area (Å²) in [5.74, 6) is 5.32. The molecule has 11 heteroatoms. The number of imide groups is 1. The third-order valence-electron chi connectivity index (χ3n) is 8.12. The van der Waals surface area contributed by atoms with Crippen molar-refractivity contribution in [1.29, 1.82) is 0 Å². The van der Waals surface area contributed by atoms with E-state index in [0.717, 1.165) is 24.0 Å². The summed E-state index contributed by atoms with van der Waals surface area (Å²) in [7, 11) is 0. The minimum Gasteiger partial charge on any atom is -0.444 e. The largest absolute Gasteiger partial charge is 0.444 e. The van der Waals surface area contributed by atoms with Crippen LogP contribution in [-0.2, 0) is 31.2 Å². The van der Waals surface area contributed by atoms with E-state index in [-0.39, 0.29) is 30.7 Å². The highest BCUT2D eigenvalue weighted by atomic mass is 16.6. The van der Waals surface area contributed by atoms with E-state index in [0.29, 0.717) is 50.0 Å². The summed E-state index contributed by atoms with van der Waals surface area (Å²) in [6.45, 7) is 6.33. The standard InChI is InChI=1S/C34H39N5O6/c1-33(2,3)45-32(44)38-21-34(22-38,27-15-9-10-19-35-27)37-29(41)16-8-6-4-5-7-12-23-13-11-14-24-25(23)20-39(31(24)43)26-17-18-28(40)36-30(26)42/h9-11,13-15,19,26H,4-6,8,16-18,20-22H2,1-3H3,(H,37,41)(H,36,40,42). The average molecular weight is 614 g/mol. The molecule has 0 aliphatic carbocycles.